The van der Waals surface area contributed by atoms with Gasteiger partial charge in [0.05, 0.1) is 5.52 Å². The molecule has 16 heavy (non-hydrogen) atoms. The van der Waals surface area contributed by atoms with Crippen molar-refractivity contribution in [2.75, 3.05) is 0 Å². The number of halogens is 3. The van der Waals surface area contributed by atoms with Crippen molar-refractivity contribution in [1.82, 2.24) is 9.97 Å². The van der Waals surface area contributed by atoms with Crippen molar-refractivity contribution in [2.45, 2.75) is 20.0 Å². The zero-order chi connectivity index (χ0) is 11.9. The Labute approximate surface area is 90.1 Å². The Morgan fingerprint density at radius 3 is 2.38 bits per heavy atom. The van der Waals surface area contributed by atoms with Crippen molar-refractivity contribution < 1.29 is 13.2 Å². The number of rotatable bonds is 0. The lowest BCUT2D eigenvalue weighted by Crippen LogP contribution is -2.12. The summed E-state index contributed by atoms with van der Waals surface area (Å²) in [6, 6.07) is 5.07. The van der Waals surface area contributed by atoms with Gasteiger partial charge in [0.1, 0.15) is 0 Å². The number of aryl methyl sites for hydroxylation is 2. The van der Waals surface area contributed by atoms with Crippen LogP contribution in [0.4, 0.5) is 13.2 Å². The van der Waals surface area contributed by atoms with Crippen LogP contribution in [0.5, 0.6) is 0 Å². The standard InChI is InChI=1S/C11H9F3N2/c1-6-4-3-5-8-9(6)7(2)15-10(16-8)11(12,13)14/h3-5H,1-2H3. The highest BCUT2D eigenvalue weighted by molar-refractivity contribution is 5.84. The molecule has 1 aromatic heterocycles. The van der Waals surface area contributed by atoms with E-state index in [9.17, 15) is 13.2 Å². The number of hydrogen-bond acceptors (Lipinski definition) is 2. The van der Waals surface area contributed by atoms with Gasteiger partial charge in [-0.15, -0.1) is 0 Å². The number of nitrogens with zero attached hydrogens (tertiary/aromatic N) is 2. The summed E-state index contributed by atoms with van der Waals surface area (Å²) in [5.41, 5.74) is 1.57. The molecular weight excluding hydrogens is 217 g/mol. The Morgan fingerprint density at radius 2 is 1.75 bits per heavy atom. The van der Waals surface area contributed by atoms with E-state index < -0.39 is 12.0 Å². The summed E-state index contributed by atoms with van der Waals surface area (Å²) < 4.78 is 37.4. The maximum Gasteiger partial charge on any atom is 0.451 e. The predicted octanol–water partition coefficient (Wildman–Crippen LogP) is 3.27. The van der Waals surface area contributed by atoms with Gasteiger partial charge in [-0.1, -0.05) is 12.1 Å². The average Bonchev–Trinajstić information content (AvgIpc) is 2.15. The predicted molar refractivity (Wildman–Crippen MR) is 54.0 cm³/mol. The van der Waals surface area contributed by atoms with Crippen LogP contribution in [0, 0.1) is 13.8 Å². The summed E-state index contributed by atoms with van der Waals surface area (Å²) in [6.45, 7) is 3.39. The van der Waals surface area contributed by atoms with Crippen LogP contribution < -0.4 is 0 Å². The Kier molecular flexibility index (Phi) is 2.33. The topological polar surface area (TPSA) is 25.8 Å². The minimum absolute atomic E-state index is 0.333. The highest BCUT2D eigenvalue weighted by Gasteiger charge is 2.35. The lowest BCUT2D eigenvalue weighted by molar-refractivity contribution is -0.144. The highest BCUT2D eigenvalue weighted by atomic mass is 19.4. The molecule has 5 heteroatoms. The van der Waals surface area contributed by atoms with Gasteiger partial charge in [0.2, 0.25) is 5.82 Å². The van der Waals surface area contributed by atoms with Crippen LogP contribution in [0.3, 0.4) is 0 Å². The Morgan fingerprint density at radius 1 is 1.06 bits per heavy atom. The fourth-order valence-electron chi connectivity index (χ4n) is 1.70. The third-order valence-corrected chi connectivity index (χ3v) is 2.37. The van der Waals surface area contributed by atoms with Crippen molar-refractivity contribution in [3.63, 3.8) is 0 Å². The van der Waals surface area contributed by atoms with Gasteiger partial charge in [-0.3, -0.25) is 0 Å². The Hall–Kier alpha value is -1.65. The Balaban J connectivity index is 2.79. The van der Waals surface area contributed by atoms with Crippen molar-refractivity contribution in [2.24, 2.45) is 0 Å². The number of alkyl halides is 3. The number of benzene rings is 1. The summed E-state index contributed by atoms with van der Waals surface area (Å²) in [5.74, 6) is -1.08. The van der Waals surface area contributed by atoms with Crippen molar-refractivity contribution >= 4 is 10.9 Å². The van der Waals surface area contributed by atoms with Crippen LogP contribution in [0.2, 0.25) is 0 Å². The summed E-state index contributed by atoms with van der Waals surface area (Å²) in [4.78, 5) is 7.03. The molecule has 2 rings (SSSR count). The van der Waals surface area contributed by atoms with E-state index in [1.54, 1.807) is 19.1 Å². The van der Waals surface area contributed by atoms with E-state index in [1.807, 2.05) is 13.0 Å². The normalized spacial score (nSPS) is 12.1. The van der Waals surface area contributed by atoms with Crippen molar-refractivity contribution in [3.8, 4) is 0 Å². The van der Waals surface area contributed by atoms with E-state index in [0.717, 1.165) is 5.56 Å². The first-order valence-electron chi connectivity index (χ1n) is 4.71. The van der Waals surface area contributed by atoms with Crippen LogP contribution in [0.1, 0.15) is 17.1 Å². The molecule has 0 aliphatic carbocycles. The lowest BCUT2D eigenvalue weighted by atomic mass is 10.1. The van der Waals surface area contributed by atoms with Gasteiger partial charge < -0.3 is 0 Å². The summed E-state index contributed by atoms with van der Waals surface area (Å²) in [6.07, 6.45) is -4.50. The molecule has 2 nitrogen and oxygen atoms in total. The molecule has 0 unspecified atom stereocenters. The van der Waals surface area contributed by atoms with E-state index in [0.29, 0.717) is 16.6 Å². The molecule has 1 heterocycles. The minimum Gasteiger partial charge on any atom is -0.229 e. The monoisotopic (exact) mass is 226 g/mol. The van der Waals surface area contributed by atoms with Crippen LogP contribution >= 0.6 is 0 Å². The van der Waals surface area contributed by atoms with Gasteiger partial charge in [0, 0.05) is 11.1 Å². The van der Waals surface area contributed by atoms with E-state index in [-0.39, 0.29) is 0 Å². The molecule has 0 radical (unpaired) electrons. The minimum atomic E-state index is -4.50. The molecule has 0 fully saturated rings. The second-order valence-electron chi connectivity index (χ2n) is 3.60. The number of hydrogen-bond donors (Lipinski definition) is 0. The average molecular weight is 226 g/mol. The van der Waals surface area contributed by atoms with Crippen LogP contribution in [0.25, 0.3) is 10.9 Å². The number of fused-ring (bicyclic) bond motifs is 1. The molecule has 0 aliphatic rings. The number of aromatic nitrogens is 2. The third kappa shape index (κ3) is 1.73. The zero-order valence-electron chi connectivity index (χ0n) is 8.76. The van der Waals surface area contributed by atoms with Gasteiger partial charge >= 0.3 is 6.18 Å². The molecular formula is C11H9F3N2. The summed E-state index contributed by atoms with van der Waals surface area (Å²) >= 11 is 0. The molecule has 0 spiro atoms. The summed E-state index contributed by atoms with van der Waals surface area (Å²) in [7, 11) is 0. The first-order valence-corrected chi connectivity index (χ1v) is 4.71. The first-order chi connectivity index (χ1) is 7.39. The molecule has 1 aromatic carbocycles. The smallest absolute Gasteiger partial charge is 0.229 e. The van der Waals surface area contributed by atoms with Gasteiger partial charge in [0.25, 0.3) is 0 Å². The maximum atomic E-state index is 12.5. The maximum absolute atomic E-state index is 12.5. The molecule has 0 N–H and O–H groups in total. The van der Waals surface area contributed by atoms with Gasteiger partial charge in [-0.25, -0.2) is 9.97 Å². The van der Waals surface area contributed by atoms with Crippen LogP contribution in [0.15, 0.2) is 18.2 Å². The lowest BCUT2D eigenvalue weighted by Gasteiger charge is -2.09. The zero-order valence-corrected chi connectivity index (χ0v) is 8.76. The van der Waals surface area contributed by atoms with Gasteiger partial charge in [-0.2, -0.15) is 13.2 Å². The van der Waals surface area contributed by atoms with Crippen molar-refractivity contribution in [1.29, 1.82) is 0 Å². The molecule has 0 amide bonds. The van der Waals surface area contributed by atoms with Gasteiger partial charge in [0.15, 0.2) is 0 Å². The van der Waals surface area contributed by atoms with E-state index in [1.165, 1.54) is 0 Å². The van der Waals surface area contributed by atoms with Gasteiger partial charge in [-0.05, 0) is 25.5 Å². The molecule has 0 atom stereocenters. The molecule has 2 aromatic rings. The second-order valence-corrected chi connectivity index (χ2v) is 3.60. The molecule has 84 valence electrons. The van der Waals surface area contributed by atoms with E-state index in [2.05, 4.69) is 9.97 Å². The SMILES string of the molecule is Cc1cccc2nc(C(F)(F)F)nc(C)c12. The third-order valence-electron chi connectivity index (χ3n) is 2.37. The fourth-order valence-corrected chi connectivity index (χ4v) is 1.70. The summed E-state index contributed by atoms with van der Waals surface area (Å²) in [5, 5.41) is 0.690. The Bertz CT molecular complexity index is 547. The molecule has 0 saturated carbocycles. The van der Waals surface area contributed by atoms with E-state index >= 15 is 0 Å². The van der Waals surface area contributed by atoms with Crippen molar-refractivity contribution in [3.05, 3.63) is 35.3 Å². The quantitative estimate of drug-likeness (QED) is 0.689. The second kappa shape index (κ2) is 3.43. The molecule has 0 bridgehead atoms. The first kappa shape index (κ1) is 10.9. The molecule has 0 saturated heterocycles. The van der Waals surface area contributed by atoms with Crippen LogP contribution in [-0.2, 0) is 6.18 Å². The fraction of sp³-hybridized carbons (Fsp3) is 0.273. The largest absolute Gasteiger partial charge is 0.451 e. The van der Waals surface area contributed by atoms with Crippen LogP contribution in [-0.4, -0.2) is 9.97 Å². The molecule has 0 aliphatic heterocycles. The highest BCUT2D eigenvalue weighted by Crippen LogP contribution is 2.29. The van der Waals surface area contributed by atoms with E-state index in [4.69, 9.17) is 0 Å².